The summed E-state index contributed by atoms with van der Waals surface area (Å²) < 4.78 is 68.2. The smallest absolute Gasteiger partial charge is 0.337 e. The molecular formula is C43H64ClN7O9S2. The van der Waals surface area contributed by atoms with E-state index in [1.54, 1.807) is 0 Å². The van der Waals surface area contributed by atoms with E-state index in [1.165, 1.54) is 76.3 Å². The number of nitrogens with one attached hydrogen (secondary N) is 5. The van der Waals surface area contributed by atoms with Crippen LogP contribution in [0.2, 0.25) is 5.02 Å². The molecule has 2 aromatic carbocycles. The molecule has 0 spiro atoms. The monoisotopic (exact) mass is 921 g/mol. The maximum atomic E-state index is 13.4. The maximum Gasteiger partial charge on any atom is 0.337 e. The van der Waals surface area contributed by atoms with Gasteiger partial charge in [0.1, 0.15) is 25.2 Å². The van der Waals surface area contributed by atoms with Gasteiger partial charge >= 0.3 is 18.0 Å². The number of hydrazine groups is 1. The highest BCUT2D eigenvalue weighted by Gasteiger charge is 2.24. The van der Waals surface area contributed by atoms with Gasteiger partial charge in [0, 0.05) is 5.69 Å². The Morgan fingerprint density at radius 2 is 0.968 bits per heavy atom. The number of esters is 2. The van der Waals surface area contributed by atoms with E-state index >= 15 is 0 Å². The van der Waals surface area contributed by atoms with Crippen LogP contribution in [0, 0.1) is 22.7 Å². The molecule has 62 heavy (non-hydrogen) atoms. The number of ether oxygens (including phenoxy) is 2. The van der Waals surface area contributed by atoms with Crippen LogP contribution in [-0.2, 0) is 39.1 Å². The number of carbonyl (C=O) groups excluding carboxylic acids is 3. The number of sulfonamides is 2. The summed E-state index contributed by atoms with van der Waals surface area (Å²) in [6.45, 7) is 3.10. The molecule has 2 rings (SSSR count). The number of halogens is 1. The predicted octanol–water partition coefficient (Wildman–Crippen LogP) is 8.72. The first kappa shape index (κ1) is 53.7. The van der Waals surface area contributed by atoms with E-state index in [0.29, 0.717) is 12.8 Å². The number of carbonyl (C=O) groups is 3. The van der Waals surface area contributed by atoms with Crippen molar-refractivity contribution in [3.63, 3.8) is 0 Å². The van der Waals surface area contributed by atoms with Crippen LogP contribution in [-0.4, -0.2) is 61.1 Å². The van der Waals surface area contributed by atoms with E-state index < -0.39 is 60.9 Å². The Labute approximate surface area is 373 Å². The van der Waals surface area contributed by atoms with Crippen molar-refractivity contribution in [2.45, 2.75) is 152 Å². The van der Waals surface area contributed by atoms with Crippen molar-refractivity contribution in [1.82, 2.24) is 14.9 Å². The van der Waals surface area contributed by atoms with Gasteiger partial charge in [-0.15, -0.1) is 0 Å². The van der Waals surface area contributed by atoms with Gasteiger partial charge in [-0.3, -0.25) is 20.4 Å². The third-order valence-electron chi connectivity index (χ3n) is 9.75. The molecule has 0 saturated heterocycles. The molecule has 19 heteroatoms. The van der Waals surface area contributed by atoms with Crippen molar-refractivity contribution in [2.24, 2.45) is 0 Å². The Morgan fingerprint density at radius 3 is 1.37 bits per heavy atom. The lowest BCUT2D eigenvalue weighted by Crippen LogP contribution is -2.34. The average Bonchev–Trinajstić information content (AvgIpc) is 3.25. The minimum absolute atomic E-state index is 0.00572. The number of rotatable bonds is 33. The molecule has 0 saturated carbocycles. The topological polar surface area (TPSA) is 246 Å². The molecule has 0 aliphatic heterocycles. The summed E-state index contributed by atoms with van der Waals surface area (Å²) >= 11 is 6.17. The molecular weight excluding hydrogens is 858 g/mol. The summed E-state index contributed by atoms with van der Waals surface area (Å²) in [5.41, 5.74) is 4.43. The molecule has 0 aliphatic carbocycles. The Bertz CT molecular complexity index is 1930. The Hall–Kier alpha value is -4.46. The average molecular weight is 923 g/mol. The van der Waals surface area contributed by atoms with Crippen molar-refractivity contribution in [2.75, 3.05) is 37.0 Å². The van der Waals surface area contributed by atoms with Crippen molar-refractivity contribution < 1.29 is 40.7 Å². The molecule has 344 valence electrons. The number of nitriles is 2. The summed E-state index contributed by atoms with van der Waals surface area (Å²) in [5.74, 6) is -1.67. The normalized spacial score (nSPS) is 11.3. The molecule has 0 bridgehead atoms. The van der Waals surface area contributed by atoms with Gasteiger partial charge in [0.05, 0.1) is 44.8 Å². The standard InChI is InChI=1S/C43H64ClN7O9S2/c1-3-5-7-9-11-13-15-17-19-21-23-59-41(52)32-47-61(55,56)37-27-36(49-43(54)51-50-40-26-35(31-46)34(30-45)25-39(40)44)28-38(29-37)62(57,58)48-33-42(53)60-24-22-20-18-16-14-12-10-8-6-4-2/h25-29,47-48,50H,3-24,32-33H2,1-2H3,(H2,49,51,54). The molecule has 0 fully saturated rings. The van der Waals surface area contributed by atoms with Gasteiger partial charge in [-0.05, 0) is 43.2 Å². The fraction of sp³-hybridized carbons (Fsp3) is 0.605. The number of urea groups is 1. The number of benzene rings is 2. The van der Waals surface area contributed by atoms with E-state index in [2.05, 4.69) is 39.5 Å². The lowest BCUT2D eigenvalue weighted by atomic mass is 10.1. The van der Waals surface area contributed by atoms with E-state index in [-0.39, 0.29) is 40.7 Å². The summed E-state index contributed by atoms with van der Waals surface area (Å²) in [6, 6.07) is 7.81. The van der Waals surface area contributed by atoms with Crippen LogP contribution < -0.4 is 25.6 Å². The van der Waals surface area contributed by atoms with Crippen molar-refractivity contribution >= 4 is 61.0 Å². The first-order valence-corrected chi connectivity index (χ1v) is 25.0. The van der Waals surface area contributed by atoms with Crippen molar-refractivity contribution in [1.29, 1.82) is 10.5 Å². The number of unbranched alkanes of at least 4 members (excludes halogenated alkanes) is 18. The lowest BCUT2D eigenvalue weighted by Gasteiger charge is -2.15. The molecule has 2 amide bonds. The third-order valence-corrected chi connectivity index (χ3v) is 12.8. The zero-order chi connectivity index (χ0) is 45.6. The van der Waals surface area contributed by atoms with Gasteiger partial charge < -0.3 is 14.8 Å². The van der Waals surface area contributed by atoms with Gasteiger partial charge in [-0.1, -0.05) is 141 Å². The Balaban J connectivity index is 2.06. The minimum atomic E-state index is -4.58. The first-order chi connectivity index (χ1) is 29.8. The van der Waals surface area contributed by atoms with Crippen LogP contribution in [0.4, 0.5) is 16.2 Å². The zero-order valence-corrected chi connectivity index (χ0v) is 38.5. The van der Waals surface area contributed by atoms with E-state index in [0.717, 1.165) is 69.6 Å². The second-order valence-corrected chi connectivity index (χ2v) is 18.9. The fourth-order valence-corrected chi connectivity index (χ4v) is 8.59. The third kappa shape index (κ3) is 22.1. The van der Waals surface area contributed by atoms with Crippen LogP contribution in [0.5, 0.6) is 0 Å². The number of anilines is 2. The van der Waals surface area contributed by atoms with E-state index in [4.69, 9.17) is 21.1 Å². The van der Waals surface area contributed by atoms with Crippen LogP contribution in [0.1, 0.15) is 153 Å². The molecule has 0 atom stereocenters. The Kier molecular flexibility index (Phi) is 26.5. The van der Waals surface area contributed by atoms with Crippen LogP contribution in [0.15, 0.2) is 40.1 Å². The summed E-state index contributed by atoms with van der Waals surface area (Å²) in [4.78, 5) is 36.5. The summed E-state index contributed by atoms with van der Waals surface area (Å²) in [7, 11) is -9.17. The second-order valence-electron chi connectivity index (χ2n) is 15.0. The van der Waals surface area contributed by atoms with Crippen molar-refractivity contribution in [3.8, 4) is 12.1 Å². The largest absolute Gasteiger partial charge is 0.465 e. The van der Waals surface area contributed by atoms with Gasteiger partial charge in [0.15, 0.2) is 0 Å². The highest BCUT2D eigenvalue weighted by molar-refractivity contribution is 7.90. The molecule has 16 nitrogen and oxygen atoms in total. The lowest BCUT2D eigenvalue weighted by molar-refractivity contribution is -0.143. The molecule has 0 aliphatic rings. The molecule has 0 aromatic heterocycles. The molecule has 5 N–H and O–H groups in total. The first-order valence-electron chi connectivity index (χ1n) is 21.7. The number of nitrogens with zero attached hydrogens (tertiary/aromatic N) is 2. The van der Waals surface area contributed by atoms with Crippen molar-refractivity contribution in [3.05, 3.63) is 46.5 Å². The summed E-state index contributed by atoms with van der Waals surface area (Å²) in [6.07, 6.45) is 21.8. The molecule has 0 unspecified atom stereocenters. The van der Waals surface area contributed by atoms with Gasteiger partial charge in [-0.2, -0.15) is 20.0 Å². The number of hydrogen-bond donors (Lipinski definition) is 5. The molecule has 2 aromatic rings. The van der Waals surface area contributed by atoms with Crippen LogP contribution in [0.25, 0.3) is 0 Å². The SMILES string of the molecule is CCCCCCCCCCCCOC(=O)CNS(=O)(=O)c1cc(NC(=O)NNc2cc(C#N)c(C#N)cc2Cl)cc(S(=O)(=O)NCC(=O)OCCCCCCCCCCCC)c1. The maximum absolute atomic E-state index is 13.4. The second kappa shape index (κ2) is 30.6. The van der Waals surface area contributed by atoms with E-state index in [9.17, 15) is 41.7 Å². The summed E-state index contributed by atoms with van der Waals surface area (Å²) in [5, 5.41) is 20.9. The number of amides is 2. The molecule has 0 radical (unpaired) electrons. The minimum Gasteiger partial charge on any atom is -0.465 e. The van der Waals surface area contributed by atoms with E-state index in [1.807, 2.05) is 12.1 Å². The highest BCUT2D eigenvalue weighted by atomic mass is 35.5. The van der Waals surface area contributed by atoms with Gasteiger partial charge in [0.25, 0.3) is 0 Å². The highest BCUT2D eigenvalue weighted by Crippen LogP contribution is 2.26. The fourth-order valence-electron chi connectivity index (χ4n) is 6.22. The van der Waals surface area contributed by atoms with Crippen LogP contribution >= 0.6 is 11.6 Å². The number of hydrogen-bond acceptors (Lipinski definition) is 12. The van der Waals surface area contributed by atoms with Crippen LogP contribution in [0.3, 0.4) is 0 Å². The van der Waals surface area contributed by atoms with Gasteiger partial charge in [-0.25, -0.2) is 21.6 Å². The predicted molar refractivity (Wildman–Crippen MR) is 239 cm³/mol. The zero-order valence-electron chi connectivity index (χ0n) is 36.1. The molecule has 0 heterocycles. The Morgan fingerprint density at radius 1 is 0.581 bits per heavy atom. The quantitative estimate of drug-likeness (QED) is 0.0256. The van der Waals surface area contributed by atoms with Gasteiger partial charge in [0.2, 0.25) is 20.0 Å².